The van der Waals surface area contributed by atoms with Crippen molar-refractivity contribution in [3.05, 3.63) is 89.1 Å². The predicted molar refractivity (Wildman–Crippen MR) is 103 cm³/mol. The fourth-order valence-corrected chi connectivity index (χ4v) is 3.08. The van der Waals surface area contributed by atoms with Gasteiger partial charge in [-0.05, 0) is 11.1 Å². The summed E-state index contributed by atoms with van der Waals surface area (Å²) < 4.78 is 1.33. The minimum absolute atomic E-state index is 0.0852. The number of benzene rings is 2. The third kappa shape index (κ3) is 3.55. The fourth-order valence-electron chi connectivity index (χ4n) is 3.08. The van der Waals surface area contributed by atoms with Crippen LogP contribution in [0.25, 0.3) is 11.1 Å². The van der Waals surface area contributed by atoms with Gasteiger partial charge in [0.15, 0.2) is 0 Å². The maximum Gasteiger partial charge on any atom is 0.262 e. The second-order valence-corrected chi connectivity index (χ2v) is 6.29. The summed E-state index contributed by atoms with van der Waals surface area (Å²) in [6.45, 7) is 0.432. The summed E-state index contributed by atoms with van der Waals surface area (Å²) in [6, 6.07) is 19.1. The molecule has 0 saturated heterocycles. The highest BCUT2D eigenvalue weighted by Gasteiger charge is 2.22. The van der Waals surface area contributed by atoms with Gasteiger partial charge >= 0.3 is 0 Å². The molecule has 0 radical (unpaired) electrons. The van der Waals surface area contributed by atoms with E-state index in [1.807, 2.05) is 60.7 Å². The molecule has 0 fully saturated rings. The van der Waals surface area contributed by atoms with Crippen LogP contribution in [0.5, 0.6) is 0 Å². The molecule has 6 nitrogen and oxygen atoms in total. The van der Waals surface area contributed by atoms with Gasteiger partial charge in [0.2, 0.25) is 0 Å². The van der Waals surface area contributed by atoms with Crippen molar-refractivity contribution in [2.75, 3.05) is 6.54 Å². The van der Waals surface area contributed by atoms with E-state index in [-0.39, 0.29) is 18.0 Å². The van der Waals surface area contributed by atoms with Crippen LogP contribution in [0.15, 0.2) is 83.1 Å². The highest BCUT2D eigenvalue weighted by atomic mass is 16.2. The molecule has 1 amide bonds. The zero-order valence-electron chi connectivity index (χ0n) is 14.7. The van der Waals surface area contributed by atoms with Crippen LogP contribution in [-0.4, -0.2) is 32.7 Å². The highest BCUT2D eigenvalue weighted by molar-refractivity contribution is 6.02. The number of carbonyl (C=O) groups excluding carboxylic acids is 1. The SMILES string of the molecule is O=C(Cn1cncc(-c2ccccc2)c1=O)N1CCC(c2ccccc2)=N1. The number of hydrogen-bond acceptors (Lipinski definition) is 4. The molecule has 27 heavy (non-hydrogen) atoms. The molecule has 1 aliphatic heterocycles. The molecule has 2 aromatic carbocycles. The van der Waals surface area contributed by atoms with Crippen LogP contribution in [-0.2, 0) is 11.3 Å². The Morgan fingerprint density at radius 1 is 0.963 bits per heavy atom. The zero-order valence-corrected chi connectivity index (χ0v) is 14.7. The summed E-state index contributed by atoms with van der Waals surface area (Å²) >= 11 is 0. The normalized spacial score (nSPS) is 13.5. The molecule has 2 heterocycles. The van der Waals surface area contributed by atoms with Crippen molar-refractivity contribution < 1.29 is 4.79 Å². The number of rotatable bonds is 4. The van der Waals surface area contributed by atoms with Crippen LogP contribution in [0.4, 0.5) is 0 Å². The predicted octanol–water partition coefficient (Wildman–Crippen LogP) is 2.55. The Hall–Kier alpha value is -3.54. The van der Waals surface area contributed by atoms with Crippen molar-refractivity contribution in [3.8, 4) is 11.1 Å². The second kappa shape index (κ2) is 7.37. The first kappa shape index (κ1) is 16.9. The Labute approximate surface area is 156 Å². The Kier molecular flexibility index (Phi) is 4.61. The minimum Gasteiger partial charge on any atom is -0.289 e. The van der Waals surface area contributed by atoms with Crippen LogP contribution >= 0.6 is 0 Å². The van der Waals surface area contributed by atoms with Gasteiger partial charge in [0.05, 0.1) is 24.1 Å². The quantitative estimate of drug-likeness (QED) is 0.720. The molecule has 0 spiro atoms. The molecule has 0 atom stereocenters. The van der Waals surface area contributed by atoms with Crippen LogP contribution in [0.1, 0.15) is 12.0 Å². The van der Waals surface area contributed by atoms with Gasteiger partial charge in [0, 0.05) is 12.6 Å². The number of hydrogen-bond donors (Lipinski definition) is 0. The summed E-state index contributed by atoms with van der Waals surface area (Å²) in [6.07, 6.45) is 3.62. The topological polar surface area (TPSA) is 67.6 Å². The lowest BCUT2D eigenvalue weighted by molar-refractivity contribution is -0.131. The van der Waals surface area contributed by atoms with Gasteiger partial charge in [0.25, 0.3) is 11.5 Å². The summed E-state index contributed by atoms with van der Waals surface area (Å²) in [4.78, 5) is 29.5. The van der Waals surface area contributed by atoms with Crippen molar-refractivity contribution in [2.24, 2.45) is 5.10 Å². The Morgan fingerprint density at radius 3 is 2.33 bits per heavy atom. The zero-order chi connectivity index (χ0) is 18.6. The molecule has 6 heteroatoms. The average molecular weight is 358 g/mol. The van der Waals surface area contributed by atoms with Crippen molar-refractivity contribution in [3.63, 3.8) is 0 Å². The molecule has 4 rings (SSSR count). The lowest BCUT2D eigenvalue weighted by Crippen LogP contribution is -2.32. The van der Waals surface area contributed by atoms with Gasteiger partial charge in [-0.25, -0.2) is 9.99 Å². The molecule has 0 N–H and O–H groups in total. The number of nitrogens with zero attached hydrogens (tertiary/aromatic N) is 4. The van der Waals surface area contributed by atoms with Gasteiger partial charge in [-0.1, -0.05) is 60.7 Å². The molecule has 1 aromatic heterocycles. The lowest BCUT2D eigenvalue weighted by atomic mass is 10.1. The van der Waals surface area contributed by atoms with E-state index in [0.717, 1.165) is 16.8 Å². The second-order valence-electron chi connectivity index (χ2n) is 6.29. The van der Waals surface area contributed by atoms with E-state index >= 15 is 0 Å². The first-order valence-electron chi connectivity index (χ1n) is 8.75. The lowest BCUT2D eigenvalue weighted by Gasteiger charge is -2.13. The highest BCUT2D eigenvalue weighted by Crippen LogP contribution is 2.15. The van der Waals surface area contributed by atoms with Crippen molar-refractivity contribution >= 4 is 11.6 Å². The number of carbonyl (C=O) groups is 1. The number of aromatic nitrogens is 2. The van der Waals surface area contributed by atoms with E-state index < -0.39 is 0 Å². The van der Waals surface area contributed by atoms with Gasteiger partial charge < -0.3 is 0 Å². The standard InChI is InChI=1S/C21H18N4O2/c26-20(25-12-11-19(23-25)17-9-5-2-6-10-17)14-24-15-22-13-18(21(24)27)16-7-3-1-4-8-16/h1-10,13,15H,11-12,14H2. The van der Waals surface area contributed by atoms with Gasteiger partial charge in [-0.2, -0.15) is 5.10 Å². The first-order valence-corrected chi connectivity index (χ1v) is 8.75. The fraction of sp³-hybridized carbons (Fsp3) is 0.143. The van der Waals surface area contributed by atoms with Crippen molar-refractivity contribution in [2.45, 2.75) is 13.0 Å². The summed E-state index contributed by atoms with van der Waals surface area (Å²) in [5.41, 5.74) is 2.91. The van der Waals surface area contributed by atoms with Crippen molar-refractivity contribution in [1.29, 1.82) is 0 Å². The molecule has 0 unspecified atom stereocenters. The molecular formula is C21H18N4O2. The molecule has 3 aromatic rings. The third-order valence-electron chi connectivity index (χ3n) is 4.49. The van der Waals surface area contributed by atoms with Gasteiger partial charge in [-0.15, -0.1) is 0 Å². The Balaban J connectivity index is 1.54. The smallest absolute Gasteiger partial charge is 0.262 e. The van der Waals surface area contributed by atoms with Crippen molar-refractivity contribution in [1.82, 2.24) is 14.6 Å². The number of hydrazone groups is 1. The molecular weight excluding hydrogens is 340 g/mol. The Bertz CT molecular complexity index is 1040. The molecule has 0 aliphatic carbocycles. The average Bonchev–Trinajstić information content (AvgIpc) is 3.21. The summed E-state index contributed by atoms with van der Waals surface area (Å²) in [5.74, 6) is -0.227. The van der Waals surface area contributed by atoms with Gasteiger partial charge in [0.1, 0.15) is 6.54 Å². The van der Waals surface area contributed by atoms with Crippen LogP contribution in [0.3, 0.4) is 0 Å². The molecule has 1 aliphatic rings. The van der Waals surface area contributed by atoms with Crippen LogP contribution in [0.2, 0.25) is 0 Å². The van der Waals surface area contributed by atoms with E-state index in [2.05, 4.69) is 10.1 Å². The number of amides is 1. The molecule has 0 saturated carbocycles. The van der Waals surface area contributed by atoms with E-state index in [0.29, 0.717) is 18.5 Å². The van der Waals surface area contributed by atoms with Crippen LogP contribution < -0.4 is 5.56 Å². The Morgan fingerprint density at radius 2 is 1.63 bits per heavy atom. The van der Waals surface area contributed by atoms with E-state index in [1.54, 1.807) is 0 Å². The summed E-state index contributed by atoms with van der Waals surface area (Å²) in [5, 5.41) is 5.86. The minimum atomic E-state index is -0.240. The van der Waals surface area contributed by atoms with E-state index in [4.69, 9.17) is 0 Å². The largest absolute Gasteiger partial charge is 0.289 e. The van der Waals surface area contributed by atoms with E-state index in [1.165, 1.54) is 22.1 Å². The van der Waals surface area contributed by atoms with Crippen LogP contribution in [0, 0.1) is 0 Å². The van der Waals surface area contributed by atoms with Gasteiger partial charge in [-0.3, -0.25) is 14.2 Å². The monoisotopic (exact) mass is 358 g/mol. The maximum absolute atomic E-state index is 12.7. The molecule has 134 valence electrons. The summed E-state index contributed by atoms with van der Waals surface area (Å²) in [7, 11) is 0. The third-order valence-corrected chi connectivity index (χ3v) is 4.49. The first-order chi connectivity index (χ1) is 13.2. The molecule has 0 bridgehead atoms. The van der Waals surface area contributed by atoms with E-state index in [9.17, 15) is 9.59 Å². The maximum atomic E-state index is 12.7.